The largest absolute Gasteiger partial charge is 0.347 e. The average Bonchev–Trinajstić information content (AvgIpc) is 2.90. The Morgan fingerprint density at radius 1 is 0.962 bits per heavy atom. The standard InChI is InChI=1S/C23H26BrN2/c1-22(2)16-9-7-8-10-18(16)25(5)20(22)14-21-23(3,4)17-13-15(24)11-12-19(17)26(21)6/h7-14H,1-6H3/q+1. The molecule has 2 aliphatic heterocycles. The van der Waals surface area contributed by atoms with Gasteiger partial charge in [0.1, 0.15) is 7.05 Å². The molecule has 0 N–H and O–H groups in total. The van der Waals surface area contributed by atoms with E-state index in [-0.39, 0.29) is 10.8 Å². The molecule has 134 valence electrons. The summed E-state index contributed by atoms with van der Waals surface area (Å²) in [6.07, 6.45) is 2.41. The minimum absolute atomic E-state index is 0.00930. The number of halogens is 1. The van der Waals surface area contributed by atoms with Crippen LogP contribution in [0.5, 0.6) is 0 Å². The molecule has 2 aromatic rings. The van der Waals surface area contributed by atoms with Crippen molar-refractivity contribution in [1.29, 1.82) is 0 Å². The molecule has 2 aliphatic rings. The normalized spacial score (nSPS) is 21.3. The zero-order valence-corrected chi connectivity index (χ0v) is 18.0. The van der Waals surface area contributed by atoms with Crippen LogP contribution in [-0.2, 0) is 10.8 Å². The van der Waals surface area contributed by atoms with Gasteiger partial charge in [0, 0.05) is 46.0 Å². The Hall–Kier alpha value is -1.87. The monoisotopic (exact) mass is 409 g/mol. The molecule has 0 aliphatic carbocycles. The van der Waals surface area contributed by atoms with Gasteiger partial charge in [-0.1, -0.05) is 48.0 Å². The highest BCUT2D eigenvalue weighted by atomic mass is 79.9. The van der Waals surface area contributed by atoms with E-state index in [9.17, 15) is 0 Å². The predicted molar refractivity (Wildman–Crippen MR) is 114 cm³/mol. The first kappa shape index (κ1) is 17.5. The Kier molecular flexibility index (Phi) is 3.75. The first-order valence-corrected chi connectivity index (χ1v) is 9.91. The summed E-state index contributed by atoms with van der Waals surface area (Å²) in [7, 11) is 4.37. The zero-order valence-electron chi connectivity index (χ0n) is 16.4. The predicted octanol–water partition coefficient (Wildman–Crippen LogP) is 5.77. The third kappa shape index (κ3) is 2.26. The molecule has 0 atom stereocenters. The Morgan fingerprint density at radius 3 is 2.35 bits per heavy atom. The van der Waals surface area contributed by atoms with E-state index in [0.29, 0.717) is 0 Å². The van der Waals surface area contributed by atoms with Gasteiger partial charge in [0.05, 0.1) is 5.41 Å². The van der Waals surface area contributed by atoms with Gasteiger partial charge in [-0.2, -0.15) is 4.58 Å². The first-order chi connectivity index (χ1) is 12.2. The number of hydrogen-bond acceptors (Lipinski definition) is 1. The van der Waals surface area contributed by atoms with E-state index in [1.165, 1.54) is 33.9 Å². The Bertz CT molecular complexity index is 979. The second-order valence-electron chi connectivity index (χ2n) is 8.46. The van der Waals surface area contributed by atoms with Gasteiger partial charge in [-0.3, -0.25) is 0 Å². The molecule has 0 fully saturated rings. The molecule has 2 heterocycles. The molecule has 0 saturated heterocycles. The van der Waals surface area contributed by atoms with Crippen molar-refractivity contribution in [2.75, 3.05) is 19.0 Å². The van der Waals surface area contributed by atoms with Gasteiger partial charge in [-0.15, -0.1) is 0 Å². The smallest absolute Gasteiger partial charge is 0.209 e. The van der Waals surface area contributed by atoms with Crippen LogP contribution in [0.15, 0.2) is 58.7 Å². The van der Waals surface area contributed by atoms with Crippen LogP contribution in [0.2, 0.25) is 0 Å². The van der Waals surface area contributed by atoms with Crippen molar-refractivity contribution >= 4 is 33.0 Å². The third-order valence-electron chi connectivity index (χ3n) is 6.21. The van der Waals surface area contributed by atoms with Crippen molar-refractivity contribution in [3.63, 3.8) is 0 Å². The maximum absolute atomic E-state index is 3.64. The van der Waals surface area contributed by atoms with E-state index < -0.39 is 0 Å². The van der Waals surface area contributed by atoms with Crippen LogP contribution in [0, 0.1) is 0 Å². The molecule has 0 spiro atoms. The SMILES string of the molecule is CN1C(=CC2=[N+](C)c3ccccc3C2(C)C)C(C)(C)c2cc(Br)ccc21. The number of benzene rings is 2. The number of allylic oxidation sites excluding steroid dienone is 2. The van der Waals surface area contributed by atoms with Gasteiger partial charge in [0.15, 0.2) is 5.71 Å². The summed E-state index contributed by atoms with van der Waals surface area (Å²) in [5.41, 5.74) is 8.01. The summed E-state index contributed by atoms with van der Waals surface area (Å²) in [5.74, 6) is 0. The number of likely N-dealkylation sites (N-methyl/N-ethyl adjacent to an activating group) is 1. The molecular weight excluding hydrogens is 384 g/mol. The molecule has 0 amide bonds. The number of rotatable bonds is 1. The van der Waals surface area contributed by atoms with Gasteiger partial charge in [0.25, 0.3) is 0 Å². The van der Waals surface area contributed by atoms with Crippen molar-refractivity contribution in [3.8, 4) is 0 Å². The Morgan fingerprint density at radius 2 is 1.65 bits per heavy atom. The van der Waals surface area contributed by atoms with Crippen LogP contribution >= 0.6 is 15.9 Å². The second-order valence-corrected chi connectivity index (χ2v) is 9.38. The molecule has 3 heteroatoms. The van der Waals surface area contributed by atoms with Crippen LogP contribution in [0.4, 0.5) is 11.4 Å². The highest BCUT2D eigenvalue weighted by molar-refractivity contribution is 9.10. The average molecular weight is 410 g/mol. The maximum Gasteiger partial charge on any atom is 0.209 e. The fraction of sp³-hybridized carbons (Fsp3) is 0.348. The maximum atomic E-state index is 3.64. The van der Waals surface area contributed by atoms with Crippen LogP contribution in [-0.4, -0.2) is 24.4 Å². The lowest BCUT2D eigenvalue weighted by Crippen LogP contribution is -2.31. The third-order valence-corrected chi connectivity index (χ3v) is 6.70. The summed E-state index contributed by atoms with van der Waals surface area (Å²) in [6, 6.07) is 15.3. The van der Waals surface area contributed by atoms with Crippen molar-refractivity contribution < 1.29 is 4.58 Å². The zero-order chi connectivity index (χ0) is 18.9. The summed E-state index contributed by atoms with van der Waals surface area (Å²) < 4.78 is 3.49. The molecule has 2 aromatic carbocycles. The Labute approximate surface area is 165 Å². The number of nitrogens with zero attached hydrogens (tertiary/aromatic N) is 2. The minimum atomic E-state index is -0.0352. The summed E-state index contributed by atoms with van der Waals surface area (Å²) in [4.78, 5) is 2.35. The number of hydrogen-bond donors (Lipinski definition) is 0. The molecule has 0 aromatic heterocycles. The highest BCUT2D eigenvalue weighted by Crippen LogP contribution is 2.49. The number of fused-ring (bicyclic) bond motifs is 2. The summed E-state index contributed by atoms with van der Waals surface area (Å²) >= 11 is 3.64. The first-order valence-electron chi connectivity index (χ1n) is 9.12. The van der Waals surface area contributed by atoms with Gasteiger partial charge < -0.3 is 4.90 Å². The lowest BCUT2D eigenvalue weighted by atomic mass is 9.78. The minimum Gasteiger partial charge on any atom is -0.347 e. The van der Waals surface area contributed by atoms with E-state index in [2.05, 4.69) is 116 Å². The second kappa shape index (κ2) is 5.56. The van der Waals surface area contributed by atoms with Crippen LogP contribution in [0.25, 0.3) is 0 Å². The van der Waals surface area contributed by atoms with E-state index >= 15 is 0 Å². The lowest BCUT2D eigenvalue weighted by Gasteiger charge is -2.25. The van der Waals surface area contributed by atoms with E-state index in [1.807, 2.05) is 0 Å². The molecule has 2 nitrogen and oxygen atoms in total. The van der Waals surface area contributed by atoms with Gasteiger partial charge >= 0.3 is 0 Å². The van der Waals surface area contributed by atoms with E-state index in [4.69, 9.17) is 0 Å². The molecule has 0 saturated carbocycles. The van der Waals surface area contributed by atoms with Crippen LogP contribution in [0.3, 0.4) is 0 Å². The van der Waals surface area contributed by atoms with Crippen molar-refractivity contribution in [2.45, 2.75) is 38.5 Å². The van der Waals surface area contributed by atoms with Gasteiger partial charge in [-0.25, -0.2) is 0 Å². The van der Waals surface area contributed by atoms with Crippen molar-refractivity contribution in [3.05, 3.63) is 69.8 Å². The molecule has 0 unspecified atom stereocenters. The van der Waals surface area contributed by atoms with Crippen LogP contribution < -0.4 is 4.90 Å². The van der Waals surface area contributed by atoms with Gasteiger partial charge in [0.2, 0.25) is 5.69 Å². The molecule has 0 bridgehead atoms. The fourth-order valence-electron chi connectivity index (χ4n) is 4.65. The molecule has 4 rings (SSSR count). The number of anilines is 1. The topological polar surface area (TPSA) is 6.25 Å². The van der Waals surface area contributed by atoms with Crippen LogP contribution in [0.1, 0.15) is 38.8 Å². The van der Waals surface area contributed by atoms with Crippen molar-refractivity contribution in [1.82, 2.24) is 0 Å². The summed E-state index contributed by atoms with van der Waals surface area (Å²) in [6.45, 7) is 9.30. The quantitative estimate of drug-likeness (QED) is 0.542. The van der Waals surface area contributed by atoms with Crippen molar-refractivity contribution in [2.24, 2.45) is 0 Å². The summed E-state index contributed by atoms with van der Waals surface area (Å²) in [5, 5.41) is 0. The van der Waals surface area contributed by atoms with E-state index in [1.54, 1.807) is 0 Å². The highest BCUT2D eigenvalue weighted by Gasteiger charge is 2.46. The van der Waals surface area contributed by atoms with Gasteiger partial charge in [-0.05, 0) is 37.6 Å². The number of para-hydroxylation sites is 1. The molecule has 26 heavy (non-hydrogen) atoms. The lowest BCUT2D eigenvalue weighted by molar-refractivity contribution is -0.401. The molecular formula is C23H26BrN2+. The Balaban J connectivity index is 1.89. The van der Waals surface area contributed by atoms with E-state index in [0.717, 1.165) is 4.47 Å². The molecule has 0 radical (unpaired) electrons. The fourth-order valence-corrected chi connectivity index (χ4v) is 5.02.